The summed E-state index contributed by atoms with van der Waals surface area (Å²) >= 11 is 1.31. The minimum absolute atomic E-state index is 0.120. The second-order valence-corrected chi connectivity index (χ2v) is 8.74. The maximum Gasteiger partial charge on any atom is 0.237 e. The molecule has 1 fully saturated rings. The molecule has 5 nitrogen and oxygen atoms in total. The van der Waals surface area contributed by atoms with E-state index in [4.69, 9.17) is 4.74 Å². The molecule has 2 N–H and O–H groups in total. The second-order valence-electron chi connectivity index (χ2n) is 7.41. The first-order valence-electron chi connectivity index (χ1n) is 10.1. The molecule has 0 bridgehead atoms. The smallest absolute Gasteiger partial charge is 0.237 e. The SMILES string of the molecule is Cc1ccc(NC(=O)CSC(C)C(=O)Nc2cccc(OC3CCCC3)c2)cc1. The largest absolute Gasteiger partial charge is 0.490 e. The molecule has 3 rings (SSSR count). The van der Waals surface area contributed by atoms with E-state index in [2.05, 4.69) is 10.6 Å². The van der Waals surface area contributed by atoms with Crippen LogP contribution in [0.1, 0.15) is 38.2 Å². The fourth-order valence-corrected chi connectivity index (χ4v) is 3.88. The Morgan fingerprint density at radius 2 is 1.79 bits per heavy atom. The standard InChI is InChI=1S/C23H28N2O3S/c1-16-10-12-18(13-11-16)24-22(26)15-29-17(2)23(27)25-19-6-5-9-21(14-19)28-20-7-3-4-8-20/h5-6,9-14,17,20H,3-4,7-8,15H2,1-2H3,(H,24,26)(H,25,27). The van der Waals surface area contributed by atoms with E-state index < -0.39 is 0 Å². The summed E-state index contributed by atoms with van der Waals surface area (Å²) in [6.45, 7) is 3.80. The third-order valence-corrected chi connectivity index (χ3v) is 6.02. The summed E-state index contributed by atoms with van der Waals surface area (Å²) in [4.78, 5) is 24.6. The molecule has 0 radical (unpaired) electrons. The van der Waals surface area contributed by atoms with Crippen LogP contribution in [-0.2, 0) is 9.59 Å². The van der Waals surface area contributed by atoms with Crippen molar-refractivity contribution in [3.63, 3.8) is 0 Å². The number of aryl methyl sites for hydroxylation is 1. The lowest BCUT2D eigenvalue weighted by Gasteiger charge is -2.15. The number of carbonyl (C=O) groups excluding carboxylic acids is 2. The zero-order chi connectivity index (χ0) is 20.6. The highest BCUT2D eigenvalue weighted by Crippen LogP contribution is 2.26. The summed E-state index contributed by atoms with van der Waals surface area (Å²) in [7, 11) is 0. The number of hydrogen-bond donors (Lipinski definition) is 2. The fraction of sp³-hybridized carbons (Fsp3) is 0.391. The molecule has 0 saturated heterocycles. The molecule has 0 aromatic heterocycles. The summed E-state index contributed by atoms with van der Waals surface area (Å²) in [5.74, 6) is 0.752. The van der Waals surface area contributed by atoms with Gasteiger partial charge < -0.3 is 15.4 Å². The minimum Gasteiger partial charge on any atom is -0.490 e. The molecule has 1 atom stereocenters. The molecule has 1 aliphatic rings. The molecule has 0 heterocycles. The number of anilines is 2. The van der Waals surface area contributed by atoms with Gasteiger partial charge in [0.1, 0.15) is 5.75 Å². The van der Waals surface area contributed by atoms with E-state index in [1.807, 2.05) is 55.5 Å². The third-order valence-electron chi connectivity index (χ3n) is 4.88. The Hall–Kier alpha value is -2.47. The van der Waals surface area contributed by atoms with Gasteiger partial charge in [-0.25, -0.2) is 0 Å². The van der Waals surface area contributed by atoms with Crippen LogP contribution in [0.5, 0.6) is 5.75 Å². The van der Waals surface area contributed by atoms with Crippen LogP contribution >= 0.6 is 11.8 Å². The summed E-state index contributed by atoms with van der Waals surface area (Å²) < 4.78 is 5.99. The highest BCUT2D eigenvalue weighted by molar-refractivity contribution is 8.01. The first kappa shape index (κ1) is 21.2. The fourth-order valence-electron chi connectivity index (χ4n) is 3.20. The Kier molecular flexibility index (Phi) is 7.58. The molecule has 2 aromatic carbocycles. The van der Waals surface area contributed by atoms with Gasteiger partial charge >= 0.3 is 0 Å². The minimum atomic E-state index is -0.349. The van der Waals surface area contributed by atoms with Crippen molar-refractivity contribution in [2.75, 3.05) is 16.4 Å². The molecular weight excluding hydrogens is 384 g/mol. The monoisotopic (exact) mass is 412 g/mol. The first-order valence-corrected chi connectivity index (χ1v) is 11.1. The highest BCUT2D eigenvalue weighted by Gasteiger charge is 2.18. The number of thioether (sulfide) groups is 1. The molecular formula is C23H28N2O3S. The molecule has 0 aliphatic heterocycles. The topological polar surface area (TPSA) is 67.4 Å². The quantitative estimate of drug-likeness (QED) is 0.639. The van der Waals surface area contributed by atoms with Crippen LogP contribution in [0.25, 0.3) is 0 Å². The first-order chi connectivity index (χ1) is 14.0. The average molecular weight is 413 g/mol. The summed E-state index contributed by atoms with van der Waals surface area (Å²) in [6.07, 6.45) is 4.90. The number of hydrogen-bond acceptors (Lipinski definition) is 4. The van der Waals surface area contributed by atoms with Gasteiger partial charge in [-0.15, -0.1) is 11.8 Å². The van der Waals surface area contributed by atoms with Crippen molar-refractivity contribution < 1.29 is 14.3 Å². The molecule has 2 amide bonds. The molecule has 29 heavy (non-hydrogen) atoms. The molecule has 1 unspecified atom stereocenters. The zero-order valence-electron chi connectivity index (χ0n) is 16.9. The van der Waals surface area contributed by atoms with Crippen LogP contribution in [0.2, 0.25) is 0 Å². The van der Waals surface area contributed by atoms with Gasteiger partial charge in [-0.05, 0) is 63.8 Å². The van der Waals surface area contributed by atoms with Gasteiger partial charge in [0.25, 0.3) is 0 Å². The Morgan fingerprint density at radius 3 is 2.52 bits per heavy atom. The second kappa shape index (κ2) is 10.3. The molecule has 1 saturated carbocycles. The number of ether oxygens (including phenoxy) is 1. The van der Waals surface area contributed by atoms with E-state index in [-0.39, 0.29) is 28.9 Å². The van der Waals surface area contributed by atoms with Crippen LogP contribution in [0.15, 0.2) is 48.5 Å². The Balaban J connectivity index is 1.44. The van der Waals surface area contributed by atoms with Gasteiger partial charge in [0.2, 0.25) is 11.8 Å². The molecule has 1 aliphatic carbocycles. The van der Waals surface area contributed by atoms with Crippen LogP contribution in [0.3, 0.4) is 0 Å². The molecule has 6 heteroatoms. The lowest BCUT2D eigenvalue weighted by atomic mass is 10.2. The van der Waals surface area contributed by atoms with Gasteiger partial charge in [-0.1, -0.05) is 23.8 Å². The van der Waals surface area contributed by atoms with E-state index >= 15 is 0 Å². The van der Waals surface area contributed by atoms with E-state index in [1.54, 1.807) is 6.92 Å². The number of rotatable bonds is 8. The van der Waals surface area contributed by atoms with Crippen molar-refractivity contribution in [1.82, 2.24) is 0 Å². The lowest BCUT2D eigenvalue weighted by Crippen LogP contribution is -2.25. The van der Waals surface area contributed by atoms with Crippen molar-refractivity contribution in [3.05, 3.63) is 54.1 Å². The number of nitrogens with one attached hydrogen (secondary N) is 2. The van der Waals surface area contributed by atoms with Gasteiger partial charge in [-0.2, -0.15) is 0 Å². The molecule has 154 valence electrons. The maximum absolute atomic E-state index is 12.5. The van der Waals surface area contributed by atoms with Gasteiger partial charge in [0, 0.05) is 17.4 Å². The summed E-state index contributed by atoms with van der Waals surface area (Å²) in [5.41, 5.74) is 2.61. The number of amides is 2. The summed E-state index contributed by atoms with van der Waals surface area (Å²) in [6, 6.07) is 15.1. The van der Waals surface area contributed by atoms with Gasteiger partial charge in [0.05, 0.1) is 17.1 Å². The van der Waals surface area contributed by atoms with Crippen molar-refractivity contribution in [1.29, 1.82) is 0 Å². The van der Waals surface area contributed by atoms with Gasteiger partial charge in [-0.3, -0.25) is 9.59 Å². The van der Waals surface area contributed by atoms with E-state index in [0.717, 1.165) is 29.8 Å². The average Bonchev–Trinajstić information content (AvgIpc) is 3.21. The van der Waals surface area contributed by atoms with Crippen LogP contribution in [0, 0.1) is 6.92 Å². The van der Waals surface area contributed by atoms with Crippen molar-refractivity contribution in [2.24, 2.45) is 0 Å². The number of carbonyl (C=O) groups is 2. The van der Waals surface area contributed by atoms with E-state index in [0.29, 0.717) is 5.69 Å². The van der Waals surface area contributed by atoms with E-state index in [9.17, 15) is 9.59 Å². The normalized spacial score (nSPS) is 15.0. The number of benzene rings is 2. The maximum atomic E-state index is 12.5. The van der Waals surface area contributed by atoms with Crippen molar-refractivity contribution >= 4 is 35.0 Å². The van der Waals surface area contributed by atoms with Crippen LogP contribution in [0.4, 0.5) is 11.4 Å². The Labute approximate surface area is 176 Å². The van der Waals surface area contributed by atoms with Gasteiger partial charge in [0.15, 0.2) is 0 Å². The Bertz CT molecular complexity index is 832. The van der Waals surface area contributed by atoms with Crippen molar-refractivity contribution in [3.8, 4) is 5.75 Å². The van der Waals surface area contributed by atoms with Crippen molar-refractivity contribution in [2.45, 2.75) is 50.9 Å². The molecule has 0 spiro atoms. The van der Waals surface area contributed by atoms with Crippen LogP contribution in [-0.4, -0.2) is 28.9 Å². The zero-order valence-corrected chi connectivity index (χ0v) is 17.8. The molecule has 2 aromatic rings. The predicted octanol–water partition coefficient (Wildman–Crippen LogP) is 5.02. The predicted molar refractivity (Wildman–Crippen MR) is 120 cm³/mol. The van der Waals surface area contributed by atoms with E-state index in [1.165, 1.54) is 24.6 Å². The van der Waals surface area contributed by atoms with Crippen LogP contribution < -0.4 is 15.4 Å². The third kappa shape index (κ3) is 6.82. The summed E-state index contributed by atoms with van der Waals surface area (Å²) in [5, 5.41) is 5.41. The Morgan fingerprint density at radius 1 is 1.07 bits per heavy atom. The lowest BCUT2D eigenvalue weighted by molar-refractivity contribution is -0.115. The highest BCUT2D eigenvalue weighted by atomic mass is 32.2.